The maximum atomic E-state index is 11.9. The van der Waals surface area contributed by atoms with E-state index in [1.54, 1.807) is 0 Å². The maximum absolute atomic E-state index is 11.9. The summed E-state index contributed by atoms with van der Waals surface area (Å²) >= 11 is 0. The summed E-state index contributed by atoms with van der Waals surface area (Å²) in [6.07, 6.45) is -10.6. The summed E-state index contributed by atoms with van der Waals surface area (Å²) < 4.78 is 19.9. The van der Waals surface area contributed by atoms with Gasteiger partial charge in [-0.3, -0.25) is 14.4 Å². The van der Waals surface area contributed by atoms with E-state index >= 15 is 0 Å². The van der Waals surface area contributed by atoms with Gasteiger partial charge in [-0.25, -0.2) is 31.3 Å². The first-order chi connectivity index (χ1) is 15.4. The molecule has 18 heteroatoms. The quantitative estimate of drug-likeness (QED) is 0.0678. The molecular formula is C15H27N3O15. The van der Waals surface area contributed by atoms with E-state index in [0.29, 0.717) is 0 Å². The summed E-state index contributed by atoms with van der Waals surface area (Å²) in [5.74, 6) is -3.20. The van der Waals surface area contributed by atoms with Crippen molar-refractivity contribution in [2.45, 2.75) is 50.0 Å². The Kier molecular flexibility index (Phi) is 12.5. The molecule has 8 N–H and O–H groups in total. The molecule has 1 heterocycles. The third-order valence-electron chi connectivity index (χ3n) is 4.20. The monoisotopic (exact) mass is 489 g/mol. The summed E-state index contributed by atoms with van der Waals surface area (Å²) in [5.41, 5.74) is 0. The van der Waals surface area contributed by atoms with Crippen LogP contribution in [0.5, 0.6) is 0 Å². The number of hydrogen-bond acceptors (Lipinski definition) is 15. The molecule has 0 bridgehead atoms. The largest absolute Gasteiger partial charge is 0.600 e. The van der Waals surface area contributed by atoms with Gasteiger partial charge < -0.3 is 44.8 Å². The Morgan fingerprint density at radius 1 is 0.758 bits per heavy atom. The molecule has 0 aromatic rings. The molecule has 0 saturated carbocycles. The SMILES string of the molecule is O=C(CC[NH+]([O-])O)OC[C@H]1O[C@@H](OC(=O)CC[NH+]([O-])O)[C@H](OC(=O)CC[NH+]([O-])O)[C@@H](O)[C@@H]1O. The van der Waals surface area contributed by atoms with Crippen molar-refractivity contribution in [3.63, 3.8) is 0 Å². The number of ether oxygens (including phenoxy) is 4. The third kappa shape index (κ3) is 11.1. The fourth-order valence-electron chi connectivity index (χ4n) is 2.54. The lowest BCUT2D eigenvalue weighted by Crippen LogP contribution is -3.04. The van der Waals surface area contributed by atoms with Crippen LogP contribution in [0.15, 0.2) is 0 Å². The Hall–Kier alpha value is -2.07. The van der Waals surface area contributed by atoms with Crippen molar-refractivity contribution >= 4 is 17.9 Å². The van der Waals surface area contributed by atoms with Crippen molar-refractivity contribution in [3.05, 3.63) is 15.6 Å². The number of carbonyl (C=O) groups is 3. The van der Waals surface area contributed by atoms with Gasteiger partial charge in [-0.05, 0) is 0 Å². The van der Waals surface area contributed by atoms with Crippen LogP contribution in [0.2, 0.25) is 0 Å². The molecule has 1 fully saturated rings. The zero-order valence-corrected chi connectivity index (χ0v) is 17.2. The van der Waals surface area contributed by atoms with Crippen molar-refractivity contribution in [3.8, 4) is 0 Å². The van der Waals surface area contributed by atoms with Crippen LogP contribution in [-0.4, -0.2) is 101 Å². The maximum Gasteiger partial charge on any atom is 0.314 e. The van der Waals surface area contributed by atoms with E-state index in [-0.39, 0.29) is 0 Å². The lowest BCUT2D eigenvalue weighted by Gasteiger charge is -2.41. The molecule has 1 rings (SSSR count). The summed E-state index contributed by atoms with van der Waals surface area (Å²) in [4.78, 5) is 35.4. The summed E-state index contributed by atoms with van der Waals surface area (Å²) in [6.45, 7) is -2.43. The van der Waals surface area contributed by atoms with E-state index in [2.05, 4.69) is 0 Å². The minimum absolute atomic E-state index is 0.488. The van der Waals surface area contributed by atoms with Crippen LogP contribution in [0, 0.1) is 15.6 Å². The van der Waals surface area contributed by atoms with Gasteiger partial charge in [-0.2, -0.15) is 0 Å². The molecular weight excluding hydrogens is 462 g/mol. The van der Waals surface area contributed by atoms with Gasteiger partial charge in [-0.15, -0.1) is 0 Å². The molecule has 0 aliphatic carbocycles. The van der Waals surface area contributed by atoms with E-state index in [0.717, 1.165) is 0 Å². The molecule has 0 aromatic carbocycles. The van der Waals surface area contributed by atoms with Gasteiger partial charge in [0.1, 0.15) is 44.6 Å². The van der Waals surface area contributed by atoms with Crippen LogP contribution in [0.4, 0.5) is 0 Å². The Morgan fingerprint density at radius 2 is 1.21 bits per heavy atom. The van der Waals surface area contributed by atoms with E-state index in [1.807, 2.05) is 0 Å². The van der Waals surface area contributed by atoms with E-state index < -0.39 is 110 Å². The number of carbonyl (C=O) groups excluding carboxylic acids is 3. The Balaban J connectivity index is 2.85. The zero-order chi connectivity index (χ0) is 25.1. The van der Waals surface area contributed by atoms with Crippen LogP contribution in [0.25, 0.3) is 0 Å². The highest BCUT2D eigenvalue weighted by Crippen LogP contribution is 2.25. The first kappa shape index (κ1) is 29.0. The highest BCUT2D eigenvalue weighted by molar-refractivity contribution is 5.71. The Labute approximate surface area is 185 Å². The molecule has 192 valence electrons. The lowest BCUT2D eigenvalue weighted by atomic mass is 9.99. The second kappa shape index (κ2) is 14.2. The molecule has 0 spiro atoms. The normalized spacial score (nSPS) is 27.8. The summed E-state index contributed by atoms with van der Waals surface area (Å²) in [6, 6.07) is 0. The first-order valence-electron chi connectivity index (χ1n) is 9.62. The van der Waals surface area contributed by atoms with Crippen molar-refractivity contribution in [1.82, 2.24) is 0 Å². The highest BCUT2D eigenvalue weighted by Gasteiger charge is 2.49. The van der Waals surface area contributed by atoms with Gasteiger partial charge >= 0.3 is 17.9 Å². The molecule has 33 heavy (non-hydrogen) atoms. The predicted octanol–water partition coefficient (Wildman–Crippen LogP) is -7.08. The summed E-state index contributed by atoms with van der Waals surface area (Å²) in [7, 11) is 0. The predicted molar refractivity (Wildman–Crippen MR) is 94.4 cm³/mol. The van der Waals surface area contributed by atoms with Gasteiger partial charge in [0.2, 0.25) is 6.29 Å². The minimum Gasteiger partial charge on any atom is -0.600 e. The van der Waals surface area contributed by atoms with E-state index in [9.17, 15) is 40.2 Å². The van der Waals surface area contributed by atoms with Gasteiger partial charge in [0, 0.05) is 0 Å². The number of quaternary nitrogens is 3. The molecule has 3 unspecified atom stereocenters. The van der Waals surface area contributed by atoms with Gasteiger partial charge in [0.05, 0.1) is 19.3 Å². The number of esters is 3. The number of aliphatic hydroxyl groups is 2. The van der Waals surface area contributed by atoms with Crippen LogP contribution in [-0.2, 0) is 33.3 Å². The molecule has 18 nitrogen and oxygen atoms in total. The molecule has 0 amide bonds. The second-order valence-corrected chi connectivity index (χ2v) is 6.83. The lowest BCUT2D eigenvalue weighted by molar-refractivity contribution is -1.05. The van der Waals surface area contributed by atoms with Crippen LogP contribution in [0.3, 0.4) is 0 Å². The van der Waals surface area contributed by atoms with E-state index in [1.165, 1.54) is 0 Å². The average Bonchev–Trinajstić information content (AvgIpc) is 2.73. The second-order valence-electron chi connectivity index (χ2n) is 6.83. The smallest absolute Gasteiger partial charge is 0.314 e. The average molecular weight is 489 g/mol. The molecule has 0 aromatic heterocycles. The fraction of sp³-hybridized carbons (Fsp3) is 0.800. The van der Waals surface area contributed by atoms with Crippen molar-refractivity contribution in [2.75, 3.05) is 26.2 Å². The molecule has 1 aliphatic rings. The standard InChI is InChI=1S/C15H27N3O15/c19-9(1-4-16(24)25)30-7-8-12(22)13(23)14(32-10(20)2-5-17(26)27)15(31-8)33-11(21)3-6-18(28)29/h8,12-18,22-24,26,28H,1-7H2/t8-,12-,13+,14-,15+/m1/s1. The number of hydroxylamine groups is 6. The highest BCUT2D eigenvalue weighted by atomic mass is 16.8. The molecule has 0 radical (unpaired) electrons. The van der Waals surface area contributed by atoms with Crippen LogP contribution >= 0.6 is 0 Å². The zero-order valence-electron chi connectivity index (χ0n) is 17.2. The van der Waals surface area contributed by atoms with E-state index in [4.69, 9.17) is 34.6 Å². The number of aliphatic hydroxyl groups excluding tert-OH is 2. The Morgan fingerprint density at radius 3 is 1.70 bits per heavy atom. The topological polar surface area (TPSA) is 272 Å². The van der Waals surface area contributed by atoms with Gasteiger partial charge in [0.15, 0.2) is 6.10 Å². The molecule has 8 atom stereocenters. The molecule has 1 aliphatic heterocycles. The number of hydrogen-bond donors (Lipinski definition) is 8. The van der Waals surface area contributed by atoms with Crippen LogP contribution < -0.4 is 15.7 Å². The summed E-state index contributed by atoms with van der Waals surface area (Å²) in [5, 5.41) is 74.2. The number of rotatable bonds is 13. The van der Waals surface area contributed by atoms with Crippen LogP contribution in [0.1, 0.15) is 19.3 Å². The van der Waals surface area contributed by atoms with Gasteiger partial charge in [-0.1, -0.05) is 0 Å². The Bertz CT molecular complexity index is 632. The molecule has 1 saturated heterocycles. The minimum atomic E-state index is -1.94. The fourth-order valence-corrected chi connectivity index (χ4v) is 2.54. The van der Waals surface area contributed by atoms with Gasteiger partial charge in [0.25, 0.3) is 0 Å². The van der Waals surface area contributed by atoms with Crippen molar-refractivity contribution < 1.29 is 74.8 Å². The first-order valence-corrected chi connectivity index (χ1v) is 9.62. The van der Waals surface area contributed by atoms with Crippen molar-refractivity contribution in [1.29, 1.82) is 0 Å². The van der Waals surface area contributed by atoms with Crippen molar-refractivity contribution in [2.24, 2.45) is 0 Å². The third-order valence-corrected chi connectivity index (χ3v) is 4.20. The number of nitrogens with one attached hydrogen (secondary N) is 3.